The van der Waals surface area contributed by atoms with Crippen molar-refractivity contribution >= 4 is 23.3 Å². The van der Waals surface area contributed by atoms with Crippen molar-refractivity contribution in [1.82, 2.24) is 14.8 Å². The fourth-order valence-corrected chi connectivity index (χ4v) is 2.87. The van der Waals surface area contributed by atoms with Gasteiger partial charge in [-0.1, -0.05) is 23.7 Å². The zero-order chi connectivity index (χ0) is 21.0. The van der Waals surface area contributed by atoms with Crippen LogP contribution in [0.3, 0.4) is 0 Å². The lowest BCUT2D eigenvalue weighted by Gasteiger charge is -2.25. The van der Waals surface area contributed by atoms with Gasteiger partial charge in [-0.3, -0.25) is 5.01 Å². The SMILES string of the molecule is CCN(N)C(=O)N(N)c1cccc(C)c1COc1ccn(-c2ccc(Cl)cc2)n1. The van der Waals surface area contributed by atoms with E-state index in [4.69, 9.17) is 28.0 Å². The number of nitrogens with two attached hydrogens (primary N) is 2. The van der Waals surface area contributed by atoms with E-state index in [1.54, 1.807) is 42.1 Å². The lowest BCUT2D eigenvalue weighted by atomic mass is 10.1. The number of carbonyl (C=O) groups is 1. The van der Waals surface area contributed by atoms with Gasteiger partial charge in [-0.15, -0.1) is 5.10 Å². The van der Waals surface area contributed by atoms with Gasteiger partial charge in [0.25, 0.3) is 0 Å². The number of hydrazine groups is 2. The second-order valence-corrected chi connectivity index (χ2v) is 6.81. The van der Waals surface area contributed by atoms with Crippen molar-refractivity contribution in [1.29, 1.82) is 0 Å². The summed E-state index contributed by atoms with van der Waals surface area (Å²) < 4.78 is 7.55. The third-order valence-corrected chi connectivity index (χ3v) is 4.71. The van der Waals surface area contributed by atoms with E-state index in [0.29, 0.717) is 23.1 Å². The molecule has 3 rings (SSSR count). The number of aromatic nitrogens is 2. The average molecular weight is 415 g/mol. The Morgan fingerprint density at radius 3 is 2.59 bits per heavy atom. The first-order valence-electron chi connectivity index (χ1n) is 9.04. The van der Waals surface area contributed by atoms with E-state index in [9.17, 15) is 4.79 Å². The molecule has 0 aliphatic rings. The maximum Gasteiger partial charge on any atom is 0.353 e. The van der Waals surface area contributed by atoms with Gasteiger partial charge in [-0.2, -0.15) is 0 Å². The van der Waals surface area contributed by atoms with Crippen molar-refractivity contribution in [3.05, 3.63) is 70.9 Å². The molecule has 0 saturated heterocycles. The molecule has 29 heavy (non-hydrogen) atoms. The summed E-state index contributed by atoms with van der Waals surface area (Å²) in [7, 11) is 0. The highest BCUT2D eigenvalue weighted by molar-refractivity contribution is 6.30. The lowest BCUT2D eigenvalue weighted by molar-refractivity contribution is 0.208. The first kappa shape index (κ1) is 20.7. The second kappa shape index (κ2) is 8.95. The molecule has 0 spiro atoms. The molecule has 9 heteroatoms. The highest BCUT2D eigenvalue weighted by Crippen LogP contribution is 2.24. The topological polar surface area (TPSA) is 103 Å². The van der Waals surface area contributed by atoms with E-state index in [-0.39, 0.29) is 6.61 Å². The maximum absolute atomic E-state index is 12.3. The molecular weight excluding hydrogens is 392 g/mol. The number of hydrogen-bond donors (Lipinski definition) is 2. The number of rotatable bonds is 6. The quantitative estimate of drug-likeness (QED) is 0.365. The Labute approximate surface area is 174 Å². The largest absolute Gasteiger partial charge is 0.472 e. The number of halogens is 1. The number of urea groups is 1. The Morgan fingerprint density at radius 1 is 1.17 bits per heavy atom. The van der Waals surface area contributed by atoms with Crippen LogP contribution in [0.2, 0.25) is 5.02 Å². The fourth-order valence-electron chi connectivity index (χ4n) is 2.74. The minimum absolute atomic E-state index is 0.192. The van der Waals surface area contributed by atoms with Crippen LogP contribution in [0.15, 0.2) is 54.7 Å². The monoisotopic (exact) mass is 414 g/mol. The van der Waals surface area contributed by atoms with Gasteiger partial charge in [-0.25, -0.2) is 26.2 Å². The van der Waals surface area contributed by atoms with Crippen LogP contribution in [-0.4, -0.2) is 27.4 Å². The molecule has 152 valence electrons. The summed E-state index contributed by atoms with van der Waals surface area (Å²) in [6, 6.07) is 14.1. The highest BCUT2D eigenvalue weighted by atomic mass is 35.5. The van der Waals surface area contributed by atoms with Crippen LogP contribution in [0.25, 0.3) is 5.69 Å². The predicted molar refractivity (Wildman–Crippen MR) is 113 cm³/mol. The van der Waals surface area contributed by atoms with Crippen LogP contribution in [0.1, 0.15) is 18.1 Å². The fraction of sp³-hybridized carbons (Fsp3) is 0.200. The summed E-state index contributed by atoms with van der Waals surface area (Å²) in [4.78, 5) is 12.3. The molecular formula is C20H23ClN6O2. The third kappa shape index (κ3) is 4.68. The number of aryl methyl sites for hydroxylation is 1. The van der Waals surface area contributed by atoms with Crippen LogP contribution in [0, 0.1) is 6.92 Å². The molecule has 1 aromatic heterocycles. The molecule has 0 saturated carbocycles. The Balaban J connectivity index is 1.77. The maximum atomic E-state index is 12.3. The van der Waals surface area contributed by atoms with Gasteiger partial charge in [0.15, 0.2) is 0 Å². The van der Waals surface area contributed by atoms with Crippen LogP contribution < -0.4 is 21.4 Å². The minimum atomic E-state index is -0.508. The van der Waals surface area contributed by atoms with Gasteiger partial charge >= 0.3 is 6.03 Å². The number of nitrogens with zero attached hydrogens (tertiary/aromatic N) is 4. The summed E-state index contributed by atoms with van der Waals surface area (Å²) in [6.07, 6.45) is 1.80. The molecule has 1 heterocycles. The number of amides is 2. The van der Waals surface area contributed by atoms with Gasteiger partial charge in [0, 0.05) is 29.4 Å². The smallest absolute Gasteiger partial charge is 0.353 e. The van der Waals surface area contributed by atoms with E-state index < -0.39 is 6.03 Å². The Bertz CT molecular complexity index is 989. The average Bonchev–Trinajstić information content (AvgIpc) is 3.20. The normalized spacial score (nSPS) is 10.7. The van der Waals surface area contributed by atoms with Gasteiger partial charge in [0.1, 0.15) is 6.61 Å². The number of anilines is 1. The van der Waals surface area contributed by atoms with Gasteiger partial charge in [0.05, 0.1) is 11.4 Å². The molecule has 0 fully saturated rings. The first-order valence-corrected chi connectivity index (χ1v) is 9.42. The standard InChI is InChI=1S/C20H23ClN6O2/c1-3-25(22)20(28)27(23)18-6-4-5-14(2)17(18)13-29-19-11-12-26(24-19)16-9-7-15(21)8-10-16/h4-12H,3,13,22-23H2,1-2H3. The first-order chi connectivity index (χ1) is 13.9. The van der Waals surface area contributed by atoms with Crippen molar-refractivity contribution in [3.63, 3.8) is 0 Å². The predicted octanol–water partition coefficient (Wildman–Crippen LogP) is 3.41. The van der Waals surface area contributed by atoms with E-state index in [2.05, 4.69) is 5.10 Å². The number of carbonyl (C=O) groups excluding carboxylic acids is 1. The zero-order valence-corrected chi connectivity index (χ0v) is 17.0. The summed E-state index contributed by atoms with van der Waals surface area (Å²) in [5.41, 5.74) is 3.09. The molecule has 2 amide bonds. The molecule has 0 aliphatic heterocycles. The molecule has 0 unspecified atom stereocenters. The van der Waals surface area contributed by atoms with Gasteiger partial charge in [-0.05, 0) is 49.7 Å². The minimum Gasteiger partial charge on any atom is -0.472 e. The van der Waals surface area contributed by atoms with Crippen molar-refractivity contribution in [2.75, 3.05) is 11.6 Å². The van der Waals surface area contributed by atoms with Crippen molar-refractivity contribution in [3.8, 4) is 11.6 Å². The summed E-state index contributed by atoms with van der Waals surface area (Å²) in [5, 5.41) is 7.15. The molecule has 8 nitrogen and oxygen atoms in total. The van der Waals surface area contributed by atoms with Crippen LogP contribution >= 0.6 is 11.6 Å². The number of hydrogen-bond acceptors (Lipinski definition) is 5. The van der Waals surface area contributed by atoms with Crippen LogP contribution in [-0.2, 0) is 6.61 Å². The van der Waals surface area contributed by atoms with Crippen molar-refractivity contribution < 1.29 is 9.53 Å². The lowest BCUT2D eigenvalue weighted by Crippen LogP contribution is -2.50. The second-order valence-electron chi connectivity index (χ2n) is 6.37. The third-order valence-electron chi connectivity index (χ3n) is 4.46. The highest BCUT2D eigenvalue weighted by Gasteiger charge is 2.20. The van der Waals surface area contributed by atoms with E-state index in [0.717, 1.165) is 26.8 Å². The Kier molecular flexibility index (Phi) is 6.38. The van der Waals surface area contributed by atoms with Crippen LogP contribution in [0.4, 0.5) is 10.5 Å². The molecule has 2 aromatic carbocycles. The molecule has 0 bridgehead atoms. The van der Waals surface area contributed by atoms with Gasteiger partial charge < -0.3 is 4.74 Å². The molecule has 0 atom stereocenters. The number of ether oxygens (including phenoxy) is 1. The molecule has 0 radical (unpaired) electrons. The zero-order valence-electron chi connectivity index (χ0n) is 16.2. The van der Waals surface area contributed by atoms with Crippen molar-refractivity contribution in [2.24, 2.45) is 11.7 Å². The van der Waals surface area contributed by atoms with Crippen LogP contribution in [0.5, 0.6) is 5.88 Å². The molecule has 0 aliphatic carbocycles. The molecule has 3 aromatic rings. The Morgan fingerprint density at radius 2 is 1.90 bits per heavy atom. The van der Waals surface area contributed by atoms with E-state index >= 15 is 0 Å². The summed E-state index contributed by atoms with van der Waals surface area (Å²) >= 11 is 5.92. The Hall–Kier alpha value is -3.07. The summed E-state index contributed by atoms with van der Waals surface area (Å²) in [6.45, 7) is 4.22. The van der Waals surface area contributed by atoms with E-state index in [1.807, 2.05) is 31.2 Å². The summed E-state index contributed by atoms with van der Waals surface area (Å²) in [5.74, 6) is 12.1. The van der Waals surface area contributed by atoms with Gasteiger partial charge in [0.2, 0.25) is 5.88 Å². The molecule has 4 N–H and O–H groups in total. The van der Waals surface area contributed by atoms with Crippen molar-refractivity contribution in [2.45, 2.75) is 20.5 Å². The van der Waals surface area contributed by atoms with E-state index in [1.165, 1.54) is 0 Å². The number of benzene rings is 2.